The van der Waals surface area contributed by atoms with Crippen molar-refractivity contribution >= 4 is 11.7 Å². The molecule has 0 aromatic rings. The Hall–Kier alpha value is -1.38. The fourth-order valence-corrected chi connectivity index (χ4v) is 1.81. The second-order valence-corrected chi connectivity index (χ2v) is 3.58. The smallest absolute Gasteiger partial charge is 0.150 e. The van der Waals surface area contributed by atoms with Gasteiger partial charge in [0.15, 0.2) is 0 Å². The van der Waals surface area contributed by atoms with E-state index in [9.17, 15) is 0 Å². The van der Waals surface area contributed by atoms with E-state index in [1.807, 2.05) is 0 Å². The van der Waals surface area contributed by atoms with E-state index in [0.717, 1.165) is 12.0 Å². The molecule has 1 heterocycles. The molecule has 3 nitrogen and oxygen atoms in total. The first kappa shape index (κ1) is 8.23. The van der Waals surface area contributed by atoms with Gasteiger partial charge in [-0.15, -0.1) is 0 Å². The highest BCUT2D eigenvalue weighted by Crippen LogP contribution is 2.28. The number of hydrogen-bond acceptors (Lipinski definition) is 2. The van der Waals surface area contributed by atoms with Crippen LogP contribution in [0, 0.1) is 17.2 Å². The molecule has 0 aromatic carbocycles. The zero-order valence-electron chi connectivity index (χ0n) is 7.62. The van der Waals surface area contributed by atoms with Crippen LogP contribution in [0.25, 0.3) is 0 Å². The minimum absolute atomic E-state index is 0.161. The van der Waals surface area contributed by atoms with E-state index in [0.29, 0.717) is 17.6 Å². The van der Waals surface area contributed by atoms with Crippen LogP contribution in [0.1, 0.15) is 13.3 Å². The molecule has 0 radical (unpaired) electrons. The van der Waals surface area contributed by atoms with E-state index in [-0.39, 0.29) is 5.92 Å². The zero-order chi connectivity index (χ0) is 9.42. The van der Waals surface area contributed by atoms with Gasteiger partial charge in [-0.05, 0) is 12.3 Å². The number of amidine groups is 2. The van der Waals surface area contributed by atoms with Crippen LogP contribution in [-0.2, 0) is 0 Å². The standard InChI is InChI=1S/C10H13N3/c1-6-3-2-4-7-8(5-6)10(12)13-9(7)11/h2-3,5-7H,4H2,1H3,(H3,11,12,13). The molecular formula is C10H13N3. The molecule has 13 heavy (non-hydrogen) atoms. The van der Waals surface area contributed by atoms with Crippen molar-refractivity contribution in [3.05, 3.63) is 23.8 Å². The van der Waals surface area contributed by atoms with E-state index in [1.54, 1.807) is 0 Å². The topological polar surface area (TPSA) is 62.2 Å². The minimum Gasteiger partial charge on any atom is -0.387 e. The van der Waals surface area contributed by atoms with Crippen molar-refractivity contribution in [2.75, 3.05) is 0 Å². The largest absolute Gasteiger partial charge is 0.387 e. The summed E-state index contributed by atoms with van der Waals surface area (Å²) in [4.78, 5) is 3.99. The molecule has 1 aliphatic carbocycles. The van der Waals surface area contributed by atoms with Gasteiger partial charge in [0.1, 0.15) is 11.7 Å². The quantitative estimate of drug-likeness (QED) is 0.538. The lowest BCUT2D eigenvalue weighted by Crippen LogP contribution is -2.20. The number of nitrogens with zero attached hydrogens (tertiary/aromatic N) is 1. The van der Waals surface area contributed by atoms with Crippen LogP contribution in [0.4, 0.5) is 0 Å². The van der Waals surface area contributed by atoms with Gasteiger partial charge in [0.05, 0.1) is 0 Å². The van der Waals surface area contributed by atoms with Gasteiger partial charge in [0.2, 0.25) is 0 Å². The molecule has 3 N–H and O–H groups in total. The van der Waals surface area contributed by atoms with E-state index in [2.05, 4.69) is 30.1 Å². The Kier molecular flexibility index (Phi) is 1.79. The molecule has 3 heteroatoms. The first-order chi connectivity index (χ1) is 6.18. The van der Waals surface area contributed by atoms with Gasteiger partial charge < -0.3 is 5.73 Å². The fourth-order valence-electron chi connectivity index (χ4n) is 1.81. The van der Waals surface area contributed by atoms with Crippen molar-refractivity contribution in [2.24, 2.45) is 22.6 Å². The van der Waals surface area contributed by atoms with Gasteiger partial charge in [-0.2, -0.15) is 0 Å². The van der Waals surface area contributed by atoms with Crippen molar-refractivity contribution < 1.29 is 0 Å². The Labute approximate surface area is 77.6 Å². The summed E-state index contributed by atoms with van der Waals surface area (Å²) in [6, 6.07) is 0. The average Bonchev–Trinajstić information content (AvgIpc) is 2.28. The number of nitrogens with one attached hydrogen (secondary N) is 1. The van der Waals surface area contributed by atoms with Gasteiger partial charge in [0.25, 0.3) is 0 Å². The fraction of sp³-hybridized carbons (Fsp3) is 0.400. The Balaban J connectivity index is 2.39. The molecule has 0 saturated heterocycles. The lowest BCUT2D eigenvalue weighted by Gasteiger charge is -2.07. The highest BCUT2D eigenvalue weighted by molar-refractivity contribution is 6.14. The van der Waals surface area contributed by atoms with Gasteiger partial charge >= 0.3 is 0 Å². The molecule has 68 valence electrons. The maximum atomic E-state index is 7.63. The number of rotatable bonds is 0. The molecule has 0 saturated carbocycles. The summed E-state index contributed by atoms with van der Waals surface area (Å²) < 4.78 is 0. The number of allylic oxidation sites excluding steroid dienone is 3. The van der Waals surface area contributed by atoms with Gasteiger partial charge in [0, 0.05) is 11.5 Å². The summed E-state index contributed by atoms with van der Waals surface area (Å²) in [5.74, 6) is 1.49. The van der Waals surface area contributed by atoms with E-state index < -0.39 is 0 Å². The molecular weight excluding hydrogens is 162 g/mol. The number of aliphatic imine (C=N–C) groups is 1. The van der Waals surface area contributed by atoms with Crippen LogP contribution in [0.15, 0.2) is 28.8 Å². The molecule has 0 amide bonds. The summed E-state index contributed by atoms with van der Waals surface area (Å²) in [6.07, 6.45) is 7.24. The van der Waals surface area contributed by atoms with Crippen molar-refractivity contribution in [1.82, 2.24) is 0 Å². The van der Waals surface area contributed by atoms with Crippen molar-refractivity contribution in [3.8, 4) is 0 Å². The molecule has 2 unspecified atom stereocenters. The van der Waals surface area contributed by atoms with E-state index >= 15 is 0 Å². The summed E-state index contributed by atoms with van der Waals surface area (Å²) in [7, 11) is 0. The van der Waals surface area contributed by atoms with E-state index in [4.69, 9.17) is 11.1 Å². The lowest BCUT2D eigenvalue weighted by atomic mass is 9.96. The molecule has 2 atom stereocenters. The molecule has 0 fully saturated rings. The number of fused-ring (bicyclic) bond motifs is 1. The molecule has 0 spiro atoms. The third kappa shape index (κ3) is 1.30. The third-order valence-electron chi connectivity index (χ3n) is 2.50. The SMILES string of the molecule is CC1C=CCC2C(=C1)C(=N)N=C2N. The summed E-state index contributed by atoms with van der Waals surface area (Å²) in [6.45, 7) is 2.10. The monoisotopic (exact) mass is 175 g/mol. The summed E-state index contributed by atoms with van der Waals surface area (Å²) in [5, 5.41) is 7.63. The molecule has 1 aliphatic heterocycles. The van der Waals surface area contributed by atoms with Crippen LogP contribution in [0.5, 0.6) is 0 Å². The highest BCUT2D eigenvalue weighted by atomic mass is 15.0. The van der Waals surface area contributed by atoms with Crippen LogP contribution in [0.2, 0.25) is 0 Å². The predicted molar refractivity (Wildman–Crippen MR) is 53.8 cm³/mol. The lowest BCUT2D eigenvalue weighted by molar-refractivity contribution is 0.862. The second kappa shape index (κ2) is 2.83. The maximum Gasteiger partial charge on any atom is 0.150 e. The molecule has 2 aliphatic rings. The highest BCUT2D eigenvalue weighted by Gasteiger charge is 2.28. The third-order valence-corrected chi connectivity index (χ3v) is 2.50. The average molecular weight is 175 g/mol. The predicted octanol–water partition coefficient (Wildman–Crippen LogP) is 1.47. The Morgan fingerprint density at radius 1 is 1.62 bits per heavy atom. The van der Waals surface area contributed by atoms with E-state index in [1.165, 1.54) is 0 Å². The van der Waals surface area contributed by atoms with Gasteiger partial charge in [-0.25, -0.2) is 4.99 Å². The Bertz CT molecular complexity index is 336. The van der Waals surface area contributed by atoms with Crippen molar-refractivity contribution in [1.29, 1.82) is 5.41 Å². The molecule has 2 rings (SSSR count). The maximum absolute atomic E-state index is 7.63. The first-order valence-corrected chi connectivity index (χ1v) is 4.50. The molecule has 0 aromatic heterocycles. The Morgan fingerprint density at radius 3 is 3.15 bits per heavy atom. The van der Waals surface area contributed by atoms with Gasteiger partial charge in [-0.1, -0.05) is 25.2 Å². The zero-order valence-corrected chi connectivity index (χ0v) is 7.62. The summed E-state index contributed by atoms with van der Waals surface area (Å²) >= 11 is 0. The second-order valence-electron chi connectivity index (χ2n) is 3.58. The van der Waals surface area contributed by atoms with Crippen LogP contribution < -0.4 is 5.73 Å². The van der Waals surface area contributed by atoms with Crippen LogP contribution in [-0.4, -0.2) is 11.7 Å². The minimum atomic E-state index is 0.161. The number of nitrogens with two attached hydrogens (primary N) is 1. The first-order valence-electron chi connectivity index (χ1n) is 4.50. The van der Waals surface area contributed by atoms with Crippen molar-refractivity contribution in [2.45, 2.75) is 13.3 Å². The normalized spacial score (nSPS) is 32.2. The Morgan fingerprint density at radius 2 is 2.38 bits per heavy atom. The molecule has 0 bridgehead atoms. The summed E-state index contributed by atoms with van der Waals surface area (Å²) in [5.41, 5.74) is 6.72. The van der Waals surface area contributed by atoms with Crippen LogP contribution >= 0.6 is 0 Å². The number of hydrogen-bond donors (Lipinski definition) is 2. The van der Waals surface area contributed by atoms with Gasteiger partial charge in [-0.3, -0.25) is 5.41 Å². The van der Waals surface area contributed by atoms with Crippen molar-refractivity contribution in [3.63, 3.8) is 0 Å². The van der Waals surface area contributed by atoms with Crippen LogP contribution in [0.3, 0.4) is 0 Å².